The Morgan fingerprint density at radius 1 is 0.870 bits per heavy atom. The molecular weight excluding hydrogens is 288 g/mol. The number of nitrogens with one attached hydrogen (secondary N) is 2. The molecule has 1 atom stereocenters. The van der Waals surface area contributed by atoms with Gasteiger partial charge in [-0.05, 0) is 33.6 Å². The zero-order valence-corrected chi connectivity index (χ0v) is 16.2. The molecule has 1 unspecified atom stereocenters. The van der Waals surface area contributed by atoms with Crippen molar-refractivity contribution in [3.05, 3.63) is 0 Å². The fraction of sp³-hybridized carbons (Fsp3) is 0.947. The van der Waals surface area contributed by atoms with Gasteiger partial charge < -0.3 is 10.2 Å². The van der Waals surface area contributed by atoms with E-state index < -0.39 is 0 Å². The summed E-state index contributed by atoms with van der Waals surface area (Å²) in [4.78, 5) is 17.0. The summed E-state index contributed by atoms with van der Waals surface area (Å²) < 4.78 is 0. The Morgan fingerprint density at radius 3 is 1.83 bits per heavy atom. The van der Waals surface area contributed by atoms with Crippen molar-refractivity contribution in [3.8, 4) is 0 Å². The third kappa shape index (κ3) is 15.9. The number of carbonyl (C=O) groups excluding carboxylic acids is 1. The second-order valence-electron chi connectivity index (χ2n) is 7.63. The number of hydroxylamine groups is 1. The van der Waals surface area contributed by atoms with E-state index in [0.29, 0.717) is 0 Å². The minimum atomic E-state index is -0.387. The van der Waals surface area contributed by atoms with Gasteiger partial charge in [0.25, 0.3) is 0 Å². The van der Waals surface area contributed by atoms with Crippen molar-refractivity contribution in [1.82, 2.24) is 10.8 Å². The summed E-state index contributed by atoms with van der Waals surface area (Å²) >= 11 is 0. The van der Waals surface area contributed by atoms with Crippen molar-refractivity contribution in [2.75, 3.05) is 0 Å². The molecule has 4 heteroatoms. The van der Waals surface area contributed by atoms with E-state index in [1.54, 1.807) is 0 Å². The van der Waals surface area contributed by atoms with Crippen LogP contribution in [0, 0.1) is 0 Å². The fourth-order valence-corrected chi connectivity index (χ4v) is 2.54. The smallest absolute Gasteiger partial charge is 0.354 e. The minimum absolute atomic E-state index is 0.268. The Labute approximate surface area is 144 Å². The third-order valence-electron chi connectivity index (χ3n) is 3.86. The van der Waals surface area contributed by atoms with Gasteiger partial charge in [-0.3, -0.25) is 0 Å². The van der Waals surface area contributed by atoms with Gasteiger partial charge in [0.05, 0.1) is 0 Å². The van der Waals surface area contributed by atoms with Gasteiger partial charge in [-0.1, -0.05) is 71.6 Å². The van der Waals surface area contributed by atoms with Crippen LogP contribution >= 0.6 is 0 Å². The third-order valence-corrected chi connectivity index (χ3v) is 3.86. The van der Waals surface area contributed by atoms with E-state index in [-0.39, 0.29) is 17.7 Å². The van der Waals surface area contributed by atoms with Gasteiger partial charge in [-0.2, -0.15) is 0 Å². The molecule has 0 aliphatic heterocycles. The Bertz CT molecular complexity index is 288. The molecule has 0 aliphatic rings. The van der Waals surface area contributed by atoms with E-state index in [2.05, 4.69) is 24.6 Å². The lowest BCUT2D eigenvalue weighted by molar-refractivity contribution is 0.0576. The molecule has 0 aromatic rings. The molecule has 0 saturated heterocycles. The average Bonchev–Trinajstić information content (AvgIpc) is 2.46. The first-order valence-corrected chi connectivity index (χ1v) is 9.63. The monoisotopic (exact) mass is 328 g/mol. The number of amides is 1. The van der Waals surface area contributed by atoms with E-state index in [9.17, 15) is 4.79 Å². The first-order valence-electron chi connectivity index (χ1n) is 9.63. The van der Waals surface area contributed by atoms with Crippen molar-refractivity contribution < 1.29 is 9.63 Å². The second-order valence-corrected chi connectivity index (χ2v) is 7.63. The lowest BCUT2D eigenvalue weighted by atomic mass is 10.0. The van der Waals surface area contributed by atoms with E-state index in [1.165, 1.54) is 57.8 Å². The molecule has 0 fully saturated rings. The van der Waals surface area contributed by atoms with E-state index in [1.807, 2.05) is 20.8 Å². The quantitative estimate of drug-likeness (QED) is 0.336. The highest BCUT2D eigenvalue weighted by molar-refractivity contribution is 5.67. The molecule has 0 aromatic heterocycles. The maximum Gasteiger partial charge on any atom is 0.426 e. The number of carbonyl (C=O) groups is 1. The van der Waals surface area contributed by atoms with Crippen LogP contribution in [0.4, 0.5) is 4.79 Å². The molecule has 0 spiro atoms. The highest BCUT2D eigenvalue weighted by Crippen LogP contribution is 2.13. The van der Waals surface area contributed by atoms with Gasteiger partial charge in [0.15, 0.2) is 0 Å². The number of rotatable bonds is 13. The maximum atomic E-state index is 11.8. The van der Waals surface area contributed by atoms with Crippen LogP contribution in [-0.2, 0) is 4.84 Å². The molecule has 2 N–H and O–H groups in total. The van der Waals surface area contributed by atoms with Crippen LogP contribution in [-0.4, -0.2) is 17.7 Å². The molecule has 0 aromatic carbocycles. The van der Waals surface area contributed by atoms with Crippen LogP contribution in [0.1, 0.15) is 105 Å². The zero-order valence-electron chi connectivity index (χ0n) is 16.2. The molecule has 0 radical (unpaired) electrons. The molecule has 23 heavy (non-hydrogen) atoms. The average molecular weight is 329 g/mol. The largest absolute Gasteiger partial charge is 0.426 e. The van der Waals surface area contributed by atoms with Gasteiger partial charge in [0.1, 0.15) is 0 Å². The van der Waals surface area contributed by atoms with Gasteiger partial charge in [0.2, 0.25) is 0 Å². The SMILES string of the molecule is CCCCCCCC(CCCCCC)NOC(=O)NC(C)(C)C. The summed E-state index contributed by atoms with van der Waals surface area (Å²) in [5.74, 6) is 0. The summed E-state index contributed by atoms with van der Waals surface area (Å²) in [5, 5.41) is 2.81. The molecule has 4 nitrogen and oxygen atoms in total. The normalized spacial score (nSPS) is 12.9. The highest BCUT2D eigenvalue weighted by atomic mass is 16.7. The fourth-order valence-electron chi connectivity index (χ4n) is 2.54. The molecule has 0 saturated carbocycles. The van der Waals surface area contributed by atoms with Crippen molar-refractivity contribution in [3.63, 3.8) is 0 Å². The molecule has 0 aliphatic carbocycles. The molecule has 0 heterocycles. The molecule has 0 bridgehead atoms. The summed E-state index contributed by atoms with van der Waals surface area (Å²) in [7, 11) is 0. The number of unbranched alkanes of at least 4 members (excludes halogenated alkanes) is 7. The van der Waals surface area contributed by atoms with Gasteiger partial charge in [-0.15, -0.1) is 5.48 Å². The topological polar surface area (TPSA) is 50.4 Å². The van der Waals surface area contributed by atoms with Crippen molar-refractivity contribution in [2.24, 2.45) is 0 Å². The lowest BCUT2D eigenvalue weighted by Gasteiger charge is -2.22. The second kappa shape index (κ2) is 13.6. The zero-order chi connectivity index (χ0) is 17.6. The predicted octanol–water partition coefficient (Wildman–Crippen LogP) is 5.72. The molecule has 1 amide bonds. The van der Waals surface area contributed by atoms with Crippen molar-refractivity contribution in [2.45, 2.75) is 117 Å². The predicted molar refractivity (Wildman–Crippen MR) is 98.4 cm³/mol. The summed E-state index contributed by atoms with van der Waals surface area (Å²) in [6.07, 6.45) is 13.2. The first-order chi connectivity index (χ1) is 10.9. The lowest BCUT2D eigenvalue weighted by Crippen LogP contribution is -2.44. The Hall–Kier alpha value is -0.770. The first kappa shape index (κ1) is 22.2. The minimum Gasteiger partial charge on any atom is -0.354 e. The summed E-state index contributed by atoms with van der Waals surface area (Å²) in [6.45, 7) is 10.3. The number of hydrogen-bond acceptors (Lipinski definition) is 3. The van der Waals surface area contributed by atoms with E-state index in [0.717, 1.165) is 12.8 Å². The van der Waals surface area contributed by atoms with Gasteiger partial charge in [-0.25, -0.2) is 4.79 Å². The van der Waals surface area contributed by atoms with Crippen molar-refractivity contribution >= 4 is 6.09 Å². The van der Waals surface area contributed by atoms with Crippen LogP contribution in [0.25, 0.3) is 0 Å². The van der Waals surface area contributed by atoms with Crippen LogP contribution in [0.2, 0.25) is 0 Å². The van der Waals surface area contributed by atoms with Crippen LogP contribution in [0.5, 0.6) is 0 Å². The standard InChI is InChI=1S/C19H40N2O2/c1-6-8-10-12-14-16-17(15-13-11-9-7-2)21-23-18(22)20-19(3,4)5/h17,21H,6-16H2,1-5H3,(H,20,22). The Kier molecular flexibility index (Phi) is 13.2. The van der Waals surface area contributed by atoms with Crippen LogP contribution in [0.3, 0.4) is 0 Å². The van der Waals surface area contributed by atoms with Crippen molar-refractivity contribution in [1.29, 1.82) is 0 Å². The highest BCUT2D eigenvalue weighted by Gasteiger charge is 2.16. The Balaban J connectivity index is 4.06. The van der Waals surface area contributed by atoms with E-state index >= 15 is 0 Å². The molecular formula is C19H40N2O2. The summed E-state index contributed by atoms with van der Waals surface area (Å²) in [5.41, 5.74) is 2.73. The van der Waals surface area contributed by atoms with Crippen LogP contribution in [0.15, 0.2) is 0 Å². The van der Waals surface area contributed by atoms with Gasteiger partial charge in [0, 0.05) is 11.6 Å². The number of hydrogen-bond donors (Lipinski definition) is 2. The molecule has 138 valence electrons. The molecule has 0 rings (SSSR count). The van der Waals surface area contributed by atoms with Gasteiger partial charge >= 0.3 is 6.09 Å². The van der Waals surface area contributed by atoms with Crippen LogP contribution < -0.4 is 10.8 Å². The maximum absolute atomic E-state index is 11.8. The van der Waals surface area contributed by atoms with E-state index in [4.69, 9.17) is 4.84 Å². The Morgan fingerprint density at radius 2 is 1.35 bits per heavy atom. The summed E-state index contributed by atoms with van der Waals surface area (Å²) in [6, 6.07) is 0.277.